The monoisotopic (exact) mass is 381 g/mol. The molecule has 2 N–H and O–H groups in total. The number of aliphatic imine (C=N–C) groups is 1. The van der Waals surface area contributed by atoms with Crippen LogP contribution in [0.3, 0.4) is 0 Å². The summed E-state index contributed by atoms with van der Waals surface area (Å²) < 4.78 is 0. The molecule has 3 nitrogen and oxygen atoms in total. The molecule has 0 saturated carbocycles. The van der Waals surface area contributed by atoms with Crippen LogP contribution in [-0.4, -0.2) is 19.6 Å². The molecule has 1 aromatic rings. The maximum absolute atomic E-state index is 4.21. The van der Waals surface area contributed by atoms with Gasteiger partial charge in [-0.2, -0.15) is 0 Å². The molecule has 1 rings (SSSR count). The quantitative estimate of drug-likeness (QED) is 0.342. The molecule has 0 spiro atoms. The zero-order valence-corrected chi connectivity index (χ0v) is 14.6. The van der Waals surface area contributed by atoms with Crippen LogP contribution >= 0.6 is 35.3 Å². The molecule has 0 radical (unpaired) electrons. The number of nitrogens with one attached hydrogen (secondary N) is 2. The van der Waals surface area contributed by atoms with Crippen molar-refractivity contribution in [3.8, 4) is 0 Å². The lowest BCUT2D eigenvalue weighted by molar-refractivity contribution is 0.683. The first-order chi connectivity index (χ1) is 8.26. The van der Waals surface area contributed by atoms with Gasteiger partial charge in [0.15, 0.2) is 5.96 Å². The molecular formula is C13H24IN3S. The maximum Gasteiger partial charge on any atom is 0.191 e. The number of unbranched alkanes of at least 4 members (excludes halogenated alkanes) is 2. The highest BCUT2D eigenvalue weighted by atomic mass is 127. The van der Waals surface area contributed by atoms with E-state index in [9.17, 15) is 0 Å². The van der Waals surface area contributed by atoms with Crippen molar-refractivity contribution in [2.45, 2.75) is 39.7 Å². The summed E-state index contributed by atoms with van der Waals surface area (Å²) in [5.74, 6) is 0.896. The van der Waals surface area contributed by atoms with E-state index in [2.05, 4.69) is 41.6 Å². The number of hydrogen-bond donors (Lipinski definition) is 2. The second-order valence-corrected chi connectivity index (χ2v) is 5.44. The van der Waals surface area contributed by atoms with Crippen LogP contribution < -0.4 is 10.6 Å². The summed E-state index contributed by atoms with van der Waals surface area (Å²) in [4.78, 5) is 6.91. The van der Waals surface area contributed by atoms with Gasteiger partial charge in [-0.05, 0) is 25.5 Å². The Morgan fingerprint density at radius 1 is 1.28 bits per heavy atom. The topological polar surface area (TPSA) is 36.4 Å². The molecule has 0 atom stereocenters. The Balaban J connectivity index is 0.00000289. The number of halogens is 1. The molecule has 0 bridgehead atoms. The molecule has 0 aliphatic heterocycles. The molecule has 0 saturated heterocycles. The minimum absolute atomic E-state index is 0. The Labute approximate surface area is 131 Å². The van der Waals surface area contributed by atoms with Crippen molar-refractivity contribution in [1.29, 1.82) is 0 Å². The zero-order chi connectivity index (χ0) is 12.5. The summed E-state index contributed by atoms with van der Waals surface area (Å²) in [6, 6.07) is 4.32. The van der Waals surface area contributed by atoms with Crippen molar-refractivity contribution < 1.29 is 0 Å². The van der Waals surface area contributed by atoms with Gasteiger partial charge in [-0.3, -0.25) is 4.99 Å². The molecule has 0 aliphatic carbocycles. The molecule has 1 aromatic heterocycles. The van der Waals surface area contributed by atoms with E-state index in [-0.39, 0.29) is 24.0 Å². The van der Waals surface area contributed by atoms with Gasteiger partial charge in [-0.1, -0.05) is 19.8 Å². The van der Waals surface area contributed by atoms with Crippen LogP contribution in [0.25, 0.3) is 0 Å². The van der Waals surface area contributed by atoms with Crippen LogP contribution in [-0.2, 0) is 6.54 Å². The Morgan fingerprint density at radius 2 is 2.06 bits per heavy atom. The highest BCUT2D eigenvalue weighted by molar-refractivity contribution is 14.0. The third-order valence-electron chi connectivity index (χ3n) is 2.52. The normalized spacial score (nSPS) is 10.9. The first-order valence-corrected chi connectivity index (χ1v) is 7.07. The fourth-order valence-electron chi connectivity index (χ4n) is 1.55. The van der Waals surface area contributed by atoms with Crippen molar-refractivity contribution in [3.05, 3.63) is 21.9 Å². The van der Waals surface area contributed by atoms with E-state index in [1.54, 1.807) is 0 Å². The van der Waals surface area contributed by atoms with Crippen LogP contribution in [0.5, 0.6) is 0 Å². The summed E-state index contributed by atoms with van der Waals surface area (Å²) in [5.41, 5.74) is 0. The molecule has 1 heterocycles. The average Bonchev–Trinajstić information content (AvgIpc) is 2.74. The van der Waals surface area contributed by atoms with E-state index in [4.69, 9.17) is 0 Å². The Morgan fingerprint density at radius 3 is 2.61 bits per heavy atom. The lowest BCUT2D eigenvalue weighted by atomic mass is 10.2. The van der Waals surface area contributed by atoms with Crippen LogP contribution in [0.2, 0.25) is 0 Å². The lowest BCUT2D eigenvalue weighted by Gasteiger charge is -2.10. The number of rotatable bonds is 6. The molecule has 18 heavy (non-hydrogen) atoms. The van der Waals surface area contributed by atoms with Crippen molar-refractivity contribution in [2.75, 3.05) is 13.6 Å². The summed E-state index contributed by atoms with van der Waals surface area (Å²) in [7, 11) is 1.81. The summed E-state index contributed by atoms with van der Waals surface area (Å²) in [6.07, 6.45) is 3.73. The third-order valence-corrected chi connectivity index (χ3v) is 3.52. The zero-order valence-electron chi connectivity index (χ0n) is 11.5. The smallest absolute Gasteiger partial charge is 0.191 e. The van der Waals surface area contributed by atoms with Gasteiger partial charge in [-0.25, -0.2) is 0 Å². The first-order valence-electron chi connectivity index (χ1n) is 6.26. The summed E-state index contributed by atoms with van der Waals surface area (Å²) in [6.45, 7) is 6.20. The fraction of sp³-hybridized carbons (Fsp3) is 0.615. The minimum atomic E-state index is 0. The van der Waals surface area contributed by atoms with E-state index >= 15 is 0 Å². The van der Waals surface area contributed by atoms with Gasteiger partial charge in [0.1, 0.15) is 0 Å². The predicted octanol–water partition coefficient (Wildman–Crippen LogP) is 3.53. The van der Waals surface area contributed by atoms with Gasteiger partial charge in [0.2, 0.25) is 0 Å². The van der Waals surface area contributed by atoms with E-state index in [1.165, 1.54) is 29.0 Å². The second kappa shape index (κ2) is 10.6. The van der Waals surface area contributed by atoms with Gasteiger partial charge in [-0.15, -0.1) is 35.3 Å². The van der Waals surface area contributed by atoms with Gasteiger partial charge < -0.3 is 10.6 Å². The van der Waals surface area contributed by atoms with Crippen molar-refractivity contribution in [3.63, 3.8) is 0 Å². The molecule has 0 fully saturated rings. The maximum atomic E-state index is 4.21. The Hall–Kier alpha value is -0.300. The molecule has 0 unspecified atom stereocenters. The van der Waals surface area contributed by atoms with Gasteiger partial charge in [0.25, 0.3) is 0 Å². The van der Waals surface area contributed by atoms with Gasteiger partial charge in [0, 0.05) is 23.3 Å². The molecule has 0 amide bonds. The number of hydrogen-bond acceptors (Lipinski definition) is 2. The van der Waals surface area contributed by atoms with Gasteiger partial charge >= 0.3 is 0 Å². The molecule has 104 valence electrons. The van der Waals surface area contributed by atoms with Gasteiger partial charge in [0.05, 0.1) is 6.54 Å². The first kappa shape index (κ1) is 17.7. The highest BCUT2D eigenvalue weighted by Gasteiger charge is 1.99. The third kappa shape index (κ3) is 7.20. The molecule has 5 heteroatoms. The molecule has 0 aromatic carbocycles. The van der Waals surface area contributed by atoms with Crippen molar-refractivity contribution in [1.82, 2.24) is 10.6 Å². The minimum Gasteiger partial charge on any atom is -0.356 e. The Bertz CT molecular complexity index is 350. The van der Waals surface area contributed by atoms with E-state index < -0.39 is 0 Å². The van der Waals surface area contributed by atoms with Crippen LogP contribution in [0.1, 0.15) is 35.9 Å². The largest absolute Gasteiger partial charge is 0.356 e. The lowest BCUT2D eigenvalue weighted by Crippen LogP contribution is -2.37. The van der Waals surface area contributed by atoms with Crippen LogP contribution in [0, 0.1) is 6.92 Å². The van der Waals surface area contributed by atoms with Crippen molar-refractivity contribution >= 4 is 41.3 Å². The average molecular weight is 381 g/mol. The summed E-state index contributed by atoms with van der Waals surface area (Å²) >= 11 is 1.83. The predicted molar refractivity (Wildman–Crippen MR) is 92.2 cm³/mol. The highest BCUT2D eigenvalue weighted by Crippen LogP contribution is 2.14. The van der Waals surface area contributed by atoms with Crippen LogP contribution in [0.15, 0.2) is 17.1 Å². The second-order valence-electron chi connectivity index (χ2n) is 4.07. The van der Waals surface area contributed by atoms with Crippen LogP contribution in [0.4, 0.5) is 0 Å². The van der Waals surface area contributed by atoms with E-state index in [0.29, 0.717) is 0 Å². The Kier molecular flexibility index (Phi) is 10.4. The number of nitrogens with zero attached hydrogens (tertiary/aromatic N) is 1. The number of thiophene rings is 1. The van der Waals surface area contributed by atoms with E-state index in [1.807, 2.05) is 18.4 Å². The number of aryl methyl sites for hydroxylation is 1. The SMILES string of the molecule is CCCCCNC(=NC)NCc1ccc(C)s1.I. The summed E-state index contributed by atoms with van der Waals surface area (Å²) in [5, 5.41) is 6.65. The molecule has 0 aliphatic rings. The van der Waals surface area contributed by atoms with Crippen molar-refractivity contribution in [2.24, 2.45) is 4.99 Å². The standard InChI is InChI=1S/C13H23N3S.HI/c1-4-5-6-9-15-13(14-3)16-10-12-8-7-11(2)17-12;/h7-8H,4-6,9-10H2,1-3H3,(H2,14,15,16);1H. The fourth-order valence-corrected chi connectivity index (χ4v) is 2.38. The number of guanidine groups is 1. The van der Waals surface area contributed by atoms with E-state index in [0.717, 1.165) is 19.0 Å². The molecular weight excluding hydrogens is 357 g/mol.